The van der Waals surface area contributed by atoms with Crippen molar-refractivity contribution < 1.29 is 0 Å². The van der Waals surface area contributed by atoms with Crippen molar-refractivity contribution in [3.05, 3.63) is 51.9 Å². The van der Waals surface area contributed by atoms with Crippen LogP contribution in [-0.2, 0) is 0 Å². The number of halogens is 2. The van der Waals surface area contributed by atoms with Gasteiger partial charge >= 0.3 is 0 Å². The first-order valence-electron chi connectivity index (χ1n) is 5.11. The third kappa shape index (κ3) is 2.54. The molecule has 2 aromatic heterocycles. The molecule has 1 atom stereocenters. The minimum absolute atomic E-state index is 0.323. The van der Waals surface area contributed by atoms with E-state index in [-0.39, 0.29) is 0 Å². The Balaban J connectivity index is 2.52. The van der Waals surface area contributed by atoms with Crippen molar-refractivity contribution >= 4 is 29.0 Å². The number of nitrogen functional groups attached to an aromatic ring is 1. The van der Waals surface area contributed by atoms with E-state index in [4.69, 9.17) is 34.8 Å². The van der Waals surface area contributed by atoms with Gasteiger partial charge < -0.3 is 5.73 Å². The van der Waals surface area contributed by atoms with Gasteiger partial charge in [-0.15, -0.1) is 0 Å². The van der Waals surface area contributed by atoms with Crippen molar-refractivity contribution in [3.8, 4) is 0 Å². The standard InChI is InChI=1S/C11H11Cl2N5/c12-6-4-7(11(14)17-5-6)9(18-15)10-8(13)2-1-3-16-10/h1-5,9,18H,15H2,(H2,14,17). The minimum atomic E-state index is -0.468. The Bertz CT molecular complexity index is 561. The van der Waals surface area contributed by atoms with E-state index in [1.54, 1.807) is 24.4 Å². The molecule has 0 spiro atoms. The van der Waals surface area contributed by atoms with Gasteiger partial charge in [0.05, 0.1) is 21.8 Å². The summed E-state index contributed by atoms with van der Waals surface area (Å²) in [6, 6.07) is 4.67. The molecule has 0 saturated heterocycles. The number of rotatable bonds is 3. The van der Waals surface area contributed by atoms with Crippen LogP contribution in [0.3, 0.4) is 0 Å². The molecule has 18 heavy (non-hydrogen) atoms. The van der Waals surface area contributed by atoms with E-state index in [2.05, 4.69) is 15.4 Å². The number of anilines is 1. The summed E-state index contributed by atoms with van der Waals surface area (Å²) < 4.78 is 0. The summed E-state index contributed by atoms with van der Waals surface area (Å²) in [7, 11) is 0. The summed E-state index contributed by atoms with van der Waals surface area (Å²) in [5.74, 6) is 5.87. The third-order valence-corrected chi connectivity index (χ3v) is 2.98. The number of pyridine rings is 2. The number of nitrogens with two attached hydrogens (primary N) is 2. The zero-order chi connectivity index (χ0) is 13.1. The lowest BCUT2D eigenvalue weighted by Crippen LogP contribution is -2.30. The number of aromatic nitrogens is 2. The molecule has 0 amide bonds. The molecule has 0 aliphatic heterocycles. The number of hydrazine groups is 1. The van der Waals surface area contributed by atoms with Gasteiger partial charge in [0.25, 0.3) is 0 Å². The van der Waals surface area contributed by atoms with Crippen LogP contribution in [0, 0.1) is 0 Å². The second-order valence-electron chi connectivity index (χ2n) is 3.60. The van der Waals surface area contributed by atoms with E-state index in [0.717, 1.165) is 0 Å². The van der Waals surface area contributed by atoms with Crippen LogP contribution in [0.2, 0.25) is 10.0 Å². The van der Waals surface area contributed by atoms with Gasteiger partial charge in [-0.2, -0.15) is 0 Å². The largest absolute Gasteiger partial charge is 0.383 e. The minimum Gasteiger partial charge on any atom is -0.383 e. The number of hydrogen-bond acceptors (Lipinski definition) is 5. The van der Waals surface area contributed by atoms with E-state index in [1.165, 1.54) is 6.20 Å². The van der Waals surface area contributed by atoms with Gasteiger partial charge in [0.2, 0.25) is 0 Å². The Kier molecular flexibility index (Phi) is 3.98. The smallest absolute Gasteiger partial charge is 0.128 e. The Hall–Kier alpha value is -1.40. The van der Waals surface area contributed by atoms with Crippen LogP contribution < -0.4 is 17.0 Å². The topological polar surface area (TPSA) is 89.8 Å². The molecule has 1 unspecified atom stereocenters. The molecule has 2 rings (SSSR count). The number of hydrogen-bond donors (Lipinski definition) is 3. The SMILES string of the molecule is NNC(c1cc(Cl)cnc1N)c1ncccc1Cl. The van der Waals surface area contributed by atoms with Crippen LogP contribution in [0.5, 0.6) is 0 Å². The molecule has 0 saturated carbocycles. The number of nitrogens with zero attached hydrogens (tertiary/aromatic N) is 2. The molecule has 94 valence electrons. The molecule has 0 bridgehead atoms. The van der Waals surface area contributed by atoms with E-state index in [0.29, 0.717) is 27.1 Å². The Labute approximate surface area is 114 Å². The van der Waals surface area contributed by atoms with Gasteiger partial charge in [-0.1, -0.05) is 23.2 Å². The second kappa shape index (κ2) is 5.49. The molecule has 0 aliphatic rings. The summed E-state index contributed by atoms with van der Waals surface area (Å²) in [6.45, 7) is 0. The highest BCUT2D eigenvalue weighted by Crippen LogP contribution is 2.29. The van der Waals surface area contributed by atoms with E-state index in [9.17, 15) is 0 Å². The quantitative estimate of drug-likeness (QED) is 0.591. The average Bonchev–Trinajstić information content (AvgIpc) is 2.36. The molecule has 0 fully saturated rings. The van der Waals surface area contributed by atoms with Gasteiger partial charge in [-0.3, -0.25) is 10.8 Å². The molecular weight excluding hydrogens is 273 g/mol. The average molecular weight is 284 g/mol. The molecule has 2 aromatic rings. The van der Waals surface area contributed by atoms with Crippen LogP contribution in [-0.4, -0.2) is 9.97 Å². The predicted octanol–water partition coefficient (Wildman–Crippen LogP) is 1.92. The zero-order valence-electron chi connectivity index (χ0n) is 9.27. The van der Waals surface area contributed by atoms with Crippen molar-refractivity contribution in [2.75, 3.05) is 5.73 Å². The summed E-state index contributed by atoms with van der Waals surface area (Å²) >= 11 is 12.0. The number of nitrogens with one attached hydrogen (secondary N) is 1. The maximum absolute atomic E-state index is 6.09. The van der Waals surface area contributed by atoms with Gasteiger partial charge in [-0.25, -0.2) is 10.4 Å². The summed E-state index contributed by atoms with van der Waals surface area (Å²) in [5, 5.41) is 0.950. The van der Waals surface area contributed by atoms with Gasteiger partial charge in [0, 0.05) is 18.0 Å². The van der Waals surface area contributed by atoms with Crippen molar-refractivity contribution in [1.29, 1.82) is 0 Å². The first-order chi connectivity index (χ1) is 8.63. The summed E-state index contributed by atoms with van der Waals surface area (Å²) in [6.07, 6.45) is 3.09. The first-order valence-corrected chi connectivity index (χ1v) is 5.86. The molecule has 7 heteroatoms. The normalized spacial score (nSPS) is 12.4. The van der Waals surface area contributed by atoms with Crippen LogP contribution in [0.1, 0.15) is 17.3 Å². The molecule has 0 radical (unpaired) electrons. The van der Waals surface area contributed by atoms with Crippen LogP contribution in [0.4, 0.5) is 5.82 Å². The molecule has 0 aromatic carbocycles. The third-order valence-electron chi connectivity index (χ3n) is 2.45. The molecular formula is C11H11Cl2N5. The highest BCUT2D eigenvalue weighted by atomic mass is 35.5. The Morgan fingerprint density at radius 1 is 1.28 bits per heavy atom. The summed E-state index contributed by atoms with van der Waals surface area (Å²) in [4.78, 5) is 8.18. The molecule has 5 N–H and O–H groups in total. The van der Waals surface area contributed by atoms with Gasteiger partial charge in [0.15, 0.2) is 0 Å². The van der Waals surface area contributed by atoms with Crippen molar-refractivity contribution in [1.82, 2.24) is 15.4 Å². The van der Waals surface area contributed by atoms with Crippen LogP contribution in [0.15, 0.2) is 30.6 Å². The Morgan fingerprint density at radius 3 is 2.72 bits per heavy atom. The van der Waals surface area contributed by atoms with E-state index in [1.807, 2.05) is 0 Å². The Morgan fingerprint density at radius 2 is 2.06 bits per heavy atom. The molecule has 2 heterocycles. The van der Waals surface area contributed by atoms with Crippen molar-refractivity contribution in [3.63, 3.8) is 0 Å². The van der Waals surface area contributed by atoms with E-state index >= 15 is 0 Å². The maximum Gasteiger partial charge on any atom is 0.128 e. The fourth-order valence-electron chi connectivity index (χ4n) is 1.62. The highest BCUT2D eigenvalue weighted by Gasteiger charge is 2.20. The van der Waals surface area contributed by atoms with Gasteiger partial charge in [0.1, 0.15) is 5.82 Å². The van der Waals surface area contributed by atoms with Gasteiger partial charge in [-0.05, 0) is 18.2 Å². The highest BCUT2D eigenvalue weighted by molar-refractivity contribution is 6.31. The zero-order valence-corrected chi connectivity index (χ0v) is 10.8. The maximum atomic E-state index is 6.09. The fourth-order valence-corrected chi connectivity index (χ4v) is 2.02. The predicted molar refractivity (Wildman–Crippen MR) is 72.1 cm³/mol. The lowest BCUT2D eigenvalue weighted by atomic mass is 10.0. The molecule has 5 nitrogen and oxygen atoms in total. The molecule has 0 aliphatic carbocycles. The van der Waals surface area contributed by atoms with Crippen LogP contribution in [0.25, 0.3) is 0 Å². The monoisotopic (exact) mass is 283 g/mol. The van der Waals surface area contributed by atoms with Crippen LogP contribution >= 0.6 is 23.2 Å². The van der Waals surface area contributed by atoms with Crippen molar-refractivity contribution in [2.24, 2.45) is 5.84 Å². The van der Waals surface area contributed by atoms with E-state index < -0.39 is 6.04 Å². The van der Waals surface area contributed by atoms with Crippen molar-refractivity contribution in [2.45, 2.75) is 6.04 Å². The lowest BCUT2D eigenvalue weighted by molar-refractivity contribution is 0.621. The first kappa shape index (κ1) is 13.0. The fraction of sp³-hybridized carbons (Fsp3) is 0.0909. The second-order valence-corrected chi connectivity index (χ2v) is 4.44. The lowest BCUT2D eigenvalue weighted by Gasteiger charge is -2.18. The summed E-state index contributed by atoms with van der Waals surface area (Å²) in [5.41, 5.74) is 9.63.